The number of carbonyl (C=O) groups excluding carboxylic acids is 1. The van der Waals surface area contributed by atoms with E-state index in [0.717, 1.165) is 22.4 Å². The van der Waals surface area contributed by atoms with Crippen LogP contribution < -0.4 is 0 Å². The fourth-order valence-corrected chi connectivity index (χ4v) is 2.86. The summed E-state index contributed by atoms with van der Waals surface area (Å²) >= 11 is 0. The van der Waals surface area contributed by atoms with E-state index >= 15 is 0 Å². The molecule has 0 unspecified atom stereocenters. The number of carbonyl (C=O) groups is 1. The molecule has 108 valence electrons. The highest BCUT2D eigenvalue weighted by molar-refractivity contribution is 6.15. The van der Waals surface area contributed by atoms with E-state index in [1.165, 1.54) is 5.56 Å². The zero-order valence-electron chi connectivity index (χ0n) is 13.0. The Morgan fingerprint density at radius 2 is 1.75 bits per heavy atom. The van der Waals surface area contributed by atoms with Crippen molar-refractivity contribution in [2.75, 3.05) is 14.1 Å². The predicted molar refractivity (Wildman–Crippen MR) is 79.9 cm³/mol. The molecule has 1 aliphatic heterocycles. The van der Waals surface area contributed by atoms with Crippen molar-refractivity contribution in [3.05, 3.63) is 34.4 Å². The highest BCUT2D eigenvalue weighted by Gasteiger charge is 2.39. The summed E-state index contributed by atoms with van der Waals surface area (Å²) in [6, 6.07) is 4.23. The van der Waals surface area contributed by atoms with Gasteiger partial charge in [0.2, 0.25) is 5.91 Å². The van der Waals surface area contributed by atoms with Gasteiger partial charge in [0, 0.05) is 19.7 Å². The lowest BCUT2D eigenvalue weighted by Crippen LogP contribution is -2.38. The van der Waals surface area contributed by atoms with E-state index in [4.69, 9.17) is 4.84 Å². The molecule has 1 aliphatic rings. The maximum atomic E-state index is 12.4. The number of benzene rings is 1. The average Bonchev–Trinajstić information content (AvgIpc) is 2.68. The van der Waals surface area contributed by atoms with Crippen molar-refractivity contribution in [2.24, 2.45) is 11.1 Å². The van der Waals surface area contributed by atoms with E-state index in [1.54, 1.807) is 19.0 Å². The van der Waals surface area contributed by atoms with Crippen LogP contribution in [0.4, 0.5) is 0 Å². The van der Waals surface area contributed by atoms with Gasteiger partial charge in [-0.3, -0.25) is 4.79 Å². The Balaban J connectivity index is 2.49. The lowest BCUT2D eigenvalue weighted by atomic mass is 9.86. The summed E-state index contributed by atoms with van der Waals surface area (Å²) in [5, 5.41) is 4.19. The van der Waals surface area contributed by atoms with Gasteiger partial charge in [-0.1, -0.05) is 22.9 Å². The zero-order valence-corrected chi connectivity index (χ0v) is 13.0. The van der Waals surface area contributed by atoms with Crippen LogP contribution in [-0.4, -0.2) is 36.7 Å². The van der Waals surface area contributed by atoms with Crippen molar-refractivity contribution in [1.29, 1.82) is 0 Å². The normalized spacial score (nSPS) is 21.4. The van der Waals surface area contributed by atoms with E-state index in [1.807, 2.05) is 6.92 Å². The minimum atomic E-state index is -0.329. The molecule has 0 N–H and O–H groups in total. The van der Waals surface area contributed by atoms with Crippen molar-refractivity contribution < 1.29 is 9.63 Å². The number of oxime groups is 1. The van der Waals surface area contributed by atoms with Gasteiger partial charge in [-0.25, -0.2) is 0 Å². The van der Waals surface area contributed by atoms with Gasteiger partial charge >= 0.3 is 0 Å². The number of aryl methyl sites for hydroxylation is 3. The molecule has 0 radical (unpaired) electrons. The Morgan fingerprint density at radius 3 is 2.25 bits per heavy atom. The molecule has 4 nitrogen and oxygen atoms in total. The van der Waals surface area contributed by atoms with Crippen LogP contribution in [0, 0.1) is 26.7 Å². The van der Waals surface area contributed by atoms with Crippen LogP contribution in [0.5, 0.6) is 0 Å². The molecule has 1 aromatic carbocycles. The van der Waals surface area contributed by atoms with E-state index in [2.05, 4.69) is 38.1 Å². The van der Waals surface area contributed by atoms with Crippen LogP contribution in [0.1, 0.15) is 29.2 Å². The van der Waals surface area contributed by atoms with Crippen molar-refractivity contribution in [2.45, 2.75) is 33.8 Å². The Labute approximate surface area is 120 Å². The Hall–Kier alpha value is -1.84. The highest BCUT2D eigenvalue weighted by Crippen LogP contribution is 2.28. The zero-order chi connectivity index (χ0) is 15.0. The lowest BCUT2D eigenvalue weighted by Gasteiger charge is -2.21. The molecular formula is C16H22N2O2. The van der Waals surface area contributed by atoms with Crippen LogP contribution in [0.3, 0.4) is 0 Å². The molecule has 1 amide bonds. The topological polar surface area (TPSA) is 41.9 Å². The van der Waals surface area contributed by atoms with Gasteiger partial charge in [-0.15, -0.1) is 0 Å². The van der Waals surface area contributed by atoms with Gasteiger partial charge in [0.15, 0.2) is 0 Å². The number of hydrogen-bond acceptors (Lipinski definition) is 3. The third-order valence-corrected chi connectivity index (χ3v) is 3.72. The largest absolute Gasteiger partial charge is 0.391 e. The second-order valence-corrected chi connectivity index (χ2v) is 5.77. The van der Waals surface area contributed by atoms with E-state index in [0.29, 0.717) is 0 Å². The first-order chi connectivity index (χ1) is 9.32. The van der Waals surface area contributed by atoms with Crippen LogP contribution in [-0.2, 0) is 9.63 Å². The van der Waals surface area contributed by atoms with Crippen LogP contribution in [0.25, 0.3) is 0 Å². The quantitative estimate of drug-likeness (QED) is 0.831. The molecule has 0 aromatic heterocycles. The van der Waals surface area contributed by atoms with Crippen LogP contribution in [0.15, 0.2) is 17.3 Å². The molecule has 0 aliphatic carbocycles. The molecule has 4 heteroatoms. The highest BCUT2D eigenvalue weighted by atomic mass is 16.6. The third kappa shape index (κ3) is 2.42. The van der Waals surface area contributed by atoms with Crippen molar-refractivity contribution in [3.8, 4) is 0 Å². The summed E-state index contributed by atoms with van der Waals surface area (Å²) in [7, 11) is 3.53. The second-order valence-electron chi connectivity index (χ2n) is 5.77. The van der Waals surface area contributed by atoms with Crippen LogP contribution in [0.2, 0.25) is 0 Å². The SMILES string of the molecule is Cc1cc(C)c(C2=NO[C@@H](C)[C@@H]2C(=O)N(C)C)c(C)c1. The van der Waals surface area contributed by atoms with Gasteiger partial charge < -0.3 is 9.74 Å². The molecular weight excluding hydrogens is 252 g/mol. The van der Waals surface area contributed by atoms with Gasteiger partial charge in [-0.05, 0) is 38.8 Å². The number of amides is 1. The molecule has 20 heavy (non-hydrogen) atoms. The number of rotatable bonds is 2. The van der Waals surface area contributed by atoms with Crippen molar-refractivity contribution >= 4 is 11.6 Å². The summed E-state index contributed by atoms with van der Waals surface area (Å²) in [5.74, 6) is -0.293. The number of nitrogens with zero attached hydrogens (tertiary/aromatic N) is 2. The Morgan fingerprint density at radius 1 is 1.20 bits per heavy atom. The van der Waals surface area contributed by atoms with Crippen molar-refractivity contribution in [1.82, 2.24) is 4.90 Å². The summed E-state index contributed by atoms with van der Waals surface area (Å²) in [6.45, 7) is 8.07. The van der Waals surface area contributed by atoms with Gasteiger partial charge in [0.05, 0.1) is 0 Å². The minimum absolute atomic E-state index is 0.0353. The standard InChI is InChI=1S/C16H22N2O2/c1-9-7-10(2)13(11(3)8-9)15-14(12(4)20-17-15)16(19)18(5)6/h7-8,12,14H,1-6H3/t12-,14-/m0/s1. The van der Waals surface area contributed by atoms with Gasteiger partial charge in [0.25, 0.3) is 0 Å². The molecule has 0 saturated heterocycles. The molecule has 2 rings (SSSR count). The smallest absolute Gasteiger partial charge is 0.235 e. The molecule has 1 heterocycles. The first-order valence-corrected chi connectivity index (χ1v) is 6.86. The molecule has 0 fully saturated rings. The maximum absolute atomic E-state index is 12.4. The third-order valence-electron chi connectivity index (χ3n) is 3.72. The molecule has 0 bridgehead atoms. The first-order valence-electron chi connectivity index (χ1n) is 6.86. The van der Waals surface area contributed by atoms with E-state index < -0.39 is 0 Å². The molecule has 2 atom stereocenters. The maximum Gasteiger partial charge on any atom is 0.235 e. The lowest BCUT2D eigenvalue weighted by molar-refractivity contribution is -0.133. The molecule has 0 spiro atoms. The Kier molecular flexibility index (Phi) is 3.84. The fourth-order valence-electron chi connectivity index (χ4n) is 2.86. The fraction of sp³-hybridized carbons (Fsp3) is 0.500. The average molecular weight is 274 g/mol. The first kappa shape index (κ1) is 14.6. The van der Waals surface area contributed by atoms with Gasteiger partial charge in [0.1, 0.15) is 17.7 Å². The summed E-state index contributed by atoms with van der Waals surface area (Å²) in [6.07, 6.45) is -0.222. The molecule has 0 saturated carbocycles. The Bertz CT molecular complexity index is 553. The van der Waals surface area contributed by atoms with E-state index in [9.17, 15) is 4.79 Å². The summed E-state index contributed by atoms with van der Waals surface area (Å²) in [5.41, 5.74) is 5.28. The van der Waals surface area contributed by atoms with Gasteiger partial charge in [-0.2, -0.15) is 0 Å². The van der Waals surface area contributed by atoms with Crippen molar-refractivity contribution in [3.63, 3.8) is 0 Å². The van der Waals surface area contributed by atoms with E-state index in [-0.39, 0.29) is 17.9 Å². The molecule has 1 aromatic rings. The second kappa shape index (κ2) is 5.27. The monoisotopic (exact) mass is 274 g/mol. The predicted octanol–water partition coefficient (Wildman–Crippen LogP) is 2.44. The minimum Gasteiger partial charge on any atom is -0.391 e. The summed E-state index contributed by atoms with van der Waals surface area (Å²) < 4.78 is 0. The number of hydrogen-bond donors (Lipinski definition) is 0. The summed E-state index contributed by atoms with van der Waals surface area (Å²) in [4.78, 5) is 19.4. The van der Waals surface area contributed by atoms with Crippen LogP contribution >= 0.6 is 0 Å².